The van der Waals surface area contributed by atoms with Crippen molar-refractivity contribution in [1.82, 2.24) is 9.78 Å². The smallest absolute Gasteiger partial charge is 0.335 e. The number of anilines is 2. The van der Waals surface area contributed by atoms with Crippen LogP contribution in [-0.4, -0.2) is 33.4 Å². The van der Waals surface area contributed by atoms with E-state index in [4.69, 9.17) is 5.11 Å². The zero-order valence-electron chi connectivity index (χ0n) is 11.4. The number of benzene rings is 1. The molecule has 1 aliphatic rings. The SMILES string of the molecule is Cn1ccc(NC(=O)N2CCc3ccc(C(=O)O)cc32)n1. The van der Waals surface area contributed by atoms with Crippen molar-refractivity contribution < 1.29 is 14.7 Å². The van der Waals surface area contributed by atoms with E-state index in [0.29, 0.717) is 24.5 Å². The number of amides is 2. The van der Waals surface area contributed by atoms with Gasteiger partial charge < -0.3 is 5.11 Å². The molecule has 0 radical (unpaired) electrons. The number of aromatic nitrogens is 2. The average Bonchev–Trinajstić information content (AvgIpc) is 3.04. The number of nitrogens with one attached hydrogen (secondary N) is 1. The second-order valence-electron chi connectivity index (χ2n) is 4.86. The fraction of sp³-hybridized carbons (Fsp3) is 0.214. The van der Waals surface area contributed by atoms with E-state index in [9.17, 15) is 9.59 Å². The van der Waals surface area contributed by atoms with Crippen molar-refractivity contribution in [3.63, 3.8) is 0 Å². The normalized spacial score (nSPS) is 13.1. The highest BCUT2D eigenvalue weighted by molar-refractivity contribution is 6.03. The van der Waals surface area contributed by atoms with Crippen molar-refractivity contribution in [1.29, 1.82) is 0 Å². The minimum absolute atomic E-state index is 0.172. The molecule has 1 aromatic heterocycles. The number of carbonyl (C=O) groups is 2. The molecule has 2 N–H and O–H groups in total. The highest BCUT2D eigenvalue weighted by Crippen LogP contribution is 2.29. The molecule has 1 aromatic carbocycles. The largest absolute Gasteiger partial charge is 0.478 e. The minimum atomic E-state index is -1.00. The van der Waals surface area contributed by atoms with Crippen LogP contribution in [0.25, 0.3) is 0 Å². The van der Waals surface area contributed by atoms with E-state index in [-0.39, 0.29) is 11.6 Å². The Morgan fingerprint density at radius 2 is 2.14 bits per heavy atom. The number of rotatable bonds is 2. The van der Waals surface area contributed by atoms with Crippen molar-refractivity contribution in [3.8, 4) is 0 Å². The molecule has 0 saturated heterocycles. The second-order valence-corrected chi connectivity index (χ2v) is 4.86. The second kappa shape index (κ2) is 4.93. The summed E-state index contributed by atoms with van der Waals surface area (Å²) in [7, 11) is 1.76. The molecule has 0 bridgehead atoms. The summed E-state index contributed by atoms with van der Waals surface area (Å²) in [5, 5.41) is 15.8. The summed E-state index contributed by atoms with van der Waals surface area (Å²) < 4.78 is 1.59. The van der Waals surface area contributed by atoms with Crippen molar-refractivity contribution in [3.05, 3.63) is 41.6 Å². The Balaban J connectivity index is 1.84. The molecule has 0 spiro atoms. The maximum Gasteiger partial charge on any atom is 0.335 e. The quantitative estimate of drug-likeness (QED) is 0.879. The maximum atomic E-state index is 12.3. The Labute approximate surface area is 120 Å². The first-order chi connectivity index (χ1) is 10.0. The number of urea groups is 1. The predicted octanol–water partition coefficient (Wildman–Crippen LogP) is 1.71. The van der Waals surface area contributed by atoms with Crippen LogP contribution in [0.4, 0.5) is 16.3 Å². The van der Waals surface area contributed by atoms with Gasteiger partial charge in [-0.15, -0.1) is 0 Å². The molecular formula is C14H14N4O3. The monoisotopic (exact) mass is 286 g/mol. The first kappa shape index (κ1) is 13.2. The highest BCUT2D eigenvalue weighted by Gasteiger charge is 2.26. The molecule has 2 heterocycles. The van der Waals surface area contributed by atoms with Crippen LogP contribution in [-0.2, 0) is 13.5 Å². The van der Waals surface area contributed by atoms with Gasteiger partial charge in [0.25, 0.3) is 0 Å². The van der Waals surface area contributed by atoms with Crippen molar-refractivity contribution in [2.75, 3.05) is 16.8 Å². The number of hydrogen-bond acceptors (Lipinski definition) is 3. The Hall–Kier alpha value is -2.83. The van der Waals surface area contributed by atoms with Crippen LogP contribution in [0, 0.1) is 0 Å². The number of carboxylic acid groups (broad SMARTS) is 1. The van der Waals surface area contributed by atoms with Gasteiger partial charge in [-0.05, 0) is 24.1 Å². The molecule has 0 saturated carbocycles. The first-order valence-electron chi connectivity index (χ1n) is 6.49. The van der Waals surface area contributed by atoms with Crippen molar-refractivity contribution in [2.24, 2.45) is 7.05 Å². The van der Waals surface area contributed by atoms with Crippen molar-refractivity contribution in [2.45, 2.75) is 6.42 Å². The van der Waals surface area contributed by atoms with Crippen molar-refractivity contribution >= 4 is 23.5 Å². The maximum absolute atomic E-state index is 12.3. The summed E-state index contributed by atoms with van der Waals surface area (Å²) in [6.07, 6.45) is 2.45. The molecule has 7 nitrogen and oxygen atoms in total. The van der Waals surface area contributed by atoms with E-state index in [1.165, 1.54) is 11.0 Å². The lowest BCUT2D eigenvalue weighted by molar-refractivity contribution is 0.0697. The number of aryl methyl sites for hydroxylation is 1. The number of carbonyl (C=O) groups excluding carboxylic acids is 1. The summed E-state index contributed by atoms with van der Waals surface area (Å²) in [6, 6.07) is 6.23. The van der Waals surface area contributed by atoms with Crippen LogP contribution in [0.15, 0.2) is 30.5 Å². The standard InChI is InChI=1S/C14H14N4O3/c1-17-6-5-12(16-17)15-14(21)18-7-4-9-2-3-10(13(19)20)8-11(9)18/h2-3,5-6,8H,4,7H2,1H3,(H,19,20)(H,15,16,21). The van der Waals surface area contributed by atoms with E-state index < -0.39 is 5.97 Å². The Bertz CT molecular complexity index is 723. The number of nitrogens with zero attached hydrogens (tertiary/aromatic N) is 3. The van der Waals surface area contributed by atoms with Gasteiger partial charge in [0.1, 0.15) is 0 Å². The van der Waals surface area contributed by atoms with E-state index in [0.717, 1.165) is 5.56 Å². The molecule has 2 aromatic rings. The Kier molecular flexibility index (Phi) is 3.09. The van der Waals surface area contributed by atoms with Gasteiger partial charge >= 0.3 is 12.0 Å². The lowest BCUT2D eigenvalue weighted by atomic mass is 10.1. The van der Waals surface area contributed by atoms with Gasteiger partial charge in [-0.3, -0.25) is 14.9 Å². The van der Waals surface area contributed by atoms with Crippen LogP contribution in [0.5, 0.6) is 0 Å². The molecule has 2 amide bonds. The van der Waals surface area contributed by atoms with Crippen LogP contribution in [0.3, 0.4) is 0 Å². The fourth-order valence-corrected chi connectivity index (χ4v) is 2.38. The van der Waals surface area contributed by atoms with E-state index in [2.05, 4.69) is 10.4 Å². The van der Waals surface area contributed by atoms with Gasteiger partial charge in [0.05, 0.1) is 5.56 Å². The predicted molar refractivity (Wildman–Crippen MR) is 76.7 cm³/mol. The van der Waals surface area contributed by atoms with E-state index in [1.807, 2.05) is 0 Å². The van der Waals surface area contributed by atoms with Gasteiger partial charge in [-0.2, -0.15) is 5.10 Å². The van der Waals surface area contributed by atoms with Gasteiger partial charge in [0, 0.05) is 31.5 Å². The number of aromatic carboxylic acids is 1. The van der Waals surface area contributed by atoms with Crippen LogP contribution in [0.1, 0.15) is 15.9 Å². The molecule has 7 heteroatoms. The molecule has 0 fully saturated rings. The highest BCUT2D eigenvalue weighted by atomic mass is 16.4. The van der Waals surface area contributed by atoms with Crippen LogP contribution in [0.2, 0.25) is 0 Å². The van der Waals surface area contributed by atoms with Gasteiger partial charge in [0.2, 0.25) is 0 Å². The van der Waals surface area contributed by atoms with Gasteiger partial charge in [0.15, 0.2) is 5.82 Å². The molecule has 0 aliphatic carbocycles. The summed E-state index contributed by atoms with van der Waals surface area (Å²) in [6.45, 7) is 0.525. The van der Waals surface area contributed by atoms with Crippen LogP contribution >= 0.6 is 0 Å². The molecular weight excluding hydrogens is 272 g/mol. The zero-order valence-corrected chi connectivity index (χ0v) is 11.4. The lowest BCUT2D eigenvalue weighted by Gasteiger charge is -2.17. The molecule has 3 rings (SSSR count). The minimum Gasteiger partial charge on any atom is -0.478 e. The summed E-state index contributed by atoms with van der Waals surface area (Å²) >= 11 is 0. The molecule has 108 valence electrons. The fourth-order valence-electron chi connectivity index (χ4n) is 2.38. The third-order valence-corrected chi connectivity index (χ3v) is 3.42. The third-order valence-electron chi connectivity index (χ3n) is 3.42. The molecule has 1 aliphatic heterocycles. The lowest BCUT2D eigenvalue weighted by Crippen LogP contribution is -2.33. The zero-order chi connectivity index (χ0) is 15.0. The van der Waals surface area contributed by atoms with Crippen LogP contribution < -0.4 is 10.2 Å². The van der Waals surface area contributed by atoms with E-state index in [1.54, 1.807) is 36.1 Å². The number of carboxylic acids is 1. The Morgan fingerprint density at radius 3 is 2.81 bits per heavy atom. The summed E-state index contributed by atoms with van der Waals surface area (Å²) in [5.41, 5.74) is 1.78. The van der Waals surface area contributed by atoms with Gasteiger partial charge in [-0.25, -0.2) is 9.59 Å². The summed E-state index contributed by atoms with van der Waals surface area (Å²) in [5.74, 6) is -0.542. The average molecular weight is 286 g/mol. The van der Waals surface area contributed by atoms with Gasteiger partial charge in [-0.1, -0.05) is 6.07 Å². The topological polar surface area (TPSA) is 87.5 Å². The molecule has 0 unspecified atom stereocenters. The Morgan fingerprint density at radius 1 is 1.33 bits per heavy atom. The summed E-state index contributed by atoms with van der Waals surface area (Å²) in [4.78, 5) is 24.9. The molecule has 21 heavy (non-hydrogen) atoms. The first-order valence-corrected chi connectivity index (χ1v) is 6.49. The number of fused-ring (bicyclic) bond motifs is 1. The molecule has 0 atom stereocenters. The third kappa shape index (κ3) is 2.45. The number of hydrogen-bond donors (Lipinski definition) is 2. The van der Waals surface area contributed by atoms with E-state index >= 15 is 0 Å².